The molecular formula is C14H18N2O4. The van der Waals surface area contributed by atoms with Crippen molar-refractivity contribution in [3.63, 3.8) is 0 Å². The highest BCUT2D eigenvalue weighted by molar-refractivity contribution is 5.95. The molecule has 1 atom stereocenters. The van der Waals surface area contributed by atoms with E-state index < -0.39 is 12.0 Å². The number of hydrogen-bond acceptors (Lipinski definition) is 4. The van der Waals surface area contributed by atoms with E-state index in [9.17, 15) is 9.59 Å². The molecule has 1 N–H and O–H groups in total. The van der Waals surface area contributed by atoms with Gasteiger partial charge in [-0.1, -0.05) is 6.07 Å². The number of amides is 1. The molecular weight excluding hydrogens is 260 g/mol. The number of likely N-dealkylation sites (tertiary alicyclic amines) is 1. The Labute approximate surface area is 117 Å². The Hall–Kier alpha value is -2.11. The van der Waals surface area contributed by atoms with Crippen LogP contribution >= 0.6 is 0 Å². The summed E-state index contributed by atoms with van der Waals surface area (Å²) < 4.78 is 5.44. The van der Waals surface area contributed by atoms with Gasteiger partial charge in [0.2, 0.25) is 5.88 Å². The summed E-state index contributed by atoms with van der Waals surface area (Å²) in [5.74, 6) is -0.952. The van der Waals surface area contributed by atoms with Crippen molar-refractivity contribution in [2.45, 2.75) is 38.8 Å². The highest BCUT2D eigenvalue weighted by atomic mass is 16.5. The van der Waals surface area contributed by atoms with Crippen LogP contribution in [0.4, 0.5) is 0 Å². The second kappa shape index (κ2) is 5.90. The molecule has 1 aliphatic rings. The zero-order chi connectivity index (χ0) is 14.7. The van der Waals surface area contributed by atoms with Crippen LogP contribution in [0.5, 0.6) is 5.88 Å². The average Bonchev–Trinajstić information content (AvgIpc) is 2.86. The molecule has 1 aliphatic heterocycles. The van der Waals surface area contributed by atoms with Gasteiger partial charge in [0.05, 0.1) is 6.10 Å². The molecule has 2 heterocycles. The summed E-state index contributed by atoms with van der Waals surface area (Å²) in [5.41, 5.74) is 0.219. The maximum absolute atomic E-state index is 12.3. The van der Waals surface area contributed by atoms with Crippen LogP contribution in [0.25, 0.3) is 0 Å². The second-order valence-electron chi connectivity index (χ2n) is 5.02. The van der Waals surface area contributed by atoms with E-state index in [2.05, 4.69) is 4.98 Å². The number of carbonyl (C=O) groups excluding carboxylic acids is 1. The minimum atomic E-state index is -0.967. The van der Waals surface area contributed by atoms with Gasteiger partial charge >= 0.3 is 5.97 Å². The van der Waals surface area contributed by atoms with Crippen LogP contribution in [-0.2, 0) is 4.79 Å². The molecule has 6 heteroatoms. The van der Waals surface area contributed by atoms with E-state index in [4.69, 9.17) is 9.84 Å². The number of ether oxygens (including phenoxy) is 1. The van der Waals surface area contributed by atoms with E-state index in [0.29, 0.717) is 25.3 Å². The van der Waals surface area contributed by atoms with Crippen molar-refractivity contribution < 1.29 is 19.4 Å². The number of carboxylic acid groups (broad SMARTS) is 1. The van der Waals surface area contributed by atoms with Gasteiger partial charge in [0, 0.05) is 12.6 Å². The second-order valence-corrected chi connectivity index (χ2v) is 5.02. The van der Waals surface area contributed by atoms with Crippen LogP contribution in [0, 0.1) is 0 Å². The van der Waals surface area contributed by atoms with Crippen LogP contribution in [0.3, 0.4) is 0 Å². The Morgan fingerprint density at radius 1 is 1.45 bits per heavy atom. The first-order chi connectivity index (χ1) is 9.49. The molecule has 0 aromatic carbocycles. The first kappa shape index (κ1) is 14.3. The number of hydrogen-bond donors (Lipinski definition) is 1. The lowest BCUT2D eigenvalue weighted by atomic mass is 10.2. The third-order valence-corrected chi connectivity index (χ3v) is 3.10. The summed E-state index contributed by atoms with van der Waals surface area (Å²) in [6.07, 6.45) is 1.15. The van der Waals surface area contributed by atoms with E-state index in [1.54, 1.807) is 18.2 Å². The highest BCUT2D eigenvalue weighted by Gasteiger charge is 2.34. The summed E-state index contributed by atoms with van der Waals surface area (Å²) in [5, 5.41) is 9.11. The van der Waals surface area contributed by atoms with Gasteiger partial charge in [0.1, 0.15) is 11.7 Å². The van der Waals surface area contributed by atoms with Gasteiger partial charge in [-0.05, 0) is 32.8 Å². The van der Waals surface area contributed by atoms with Gasteiger partial charge in [-0.15, -0.1) is 0 Å². The highest BCUT2D eigenvalue weighted by Crippen LogP contribution is 2.20. The standard InChI is InChI=1S/C14H18N2O4/c1-9(2)20-12-7-3-5-10(15-12)13(17)16-8-4-6-11(16)14(18)19/h3,5,7,9,11H,4,6,8H2,1-2H3,(H,18,19). The van der Waals surface area contributed by atoms with E-state index >= 15 is 0 Å². The molecule has 1 aromatic heterocycles. The lowest BCUT2D eigenvalue weighted by Crippen LogP contribution is -2.40. The van der Waals surface area contributed by atoms with Gasteiger partial charge in [0.25, 0.3) is 5.91 Å². The fourth-order valence-corrected chi connectivity index (χ4v) is 2.25. The number of nitrogens with zero attached hydrogens (tertiary/aromatic N) is 2. The maximum atomic E-state index is 12.3. The average molecular weight is 278 g/mol. The maximum Gasteiger partial charge on any atom is 0.326 e. The lowest BCUT2D eigenvalue weighted by molar-refractivity contribution is -0.141. The summed E-state index contributed by atoms with van der Waals surface area (Å²) >= 11 is 0. The van der Waals surface area contributed by atoms with Gasteiger partial charge in [-0.2, -0.15) is 0 Å². The zero-order valence-corrected chi connectivity index (χ0v) is 11.6. The smallest absolute Gasteiger partial charge is 0.326 e. The quantitative estimate of drug-likeness (QED) is 0.904. The van der Waals surface area contributed by atoms with Gasteiger partial charge < -0.3 is 14.7 Å². The molecule has 0 radical (unpaired) electrons. The number of pyridine rings is 1. The van der Waals surface area contributed by atoms with E-state index in [-0.39, 0.29) is 17.7 Å². The third kappa shape index (κ3) is 3.07. The molecule has 1 fully saturated rings. The van der Waals surface area contributed by atoms with Crippen molar-refractivity contribution in [2.75, 3.05) is 6.54 Å². The van der Waals surface area contributed by atoms with E-state index in [0.717, 1.165) is 0 Å². The Bertz CT molecular complexity index is 516. The zero-order valence-electron chi connectivity index (χ0n) is 11.6. The van der Waals surface area contributed by atoms with Gasteiger partial charge in [0.15, 0.2) is 0 Å². The summed E-state index contributed by atoms with van der Waals surface area (Å²) in [7, 11) is 0. The molecule has 1 amide bonds. The molecule has 6 nitrogen and oxygen atoms in total. The minimum absolute atomic E-state index is 0.0357. The number of rotatable bonds is 4. The fraction of sp³-hybridized carbons (Fsp3) is 0.500. The number of aromatic nitrogens is 1. The predicted octanol–water partition coefficient (Wildman–Crippen LogP) is 1.56. The number of aliphatic carboxylic acids is 1. The molecule has 1 unspecified atom stereocenters. The van der Waals surface area contributed by atoms with E-state index in [1.165, 1.54) is 4.90 Å². The van der Waals surface area contributed by atoms with Crippen molar-refractivity contribution in [3.8, 4) is 5.88 Å². The SMILES string of the molecule is CC(C)Oc1cccc(C(=O)N2CCCC2C(=O)O)n1. The number of carbonyl (C=O) groups is 2. The lowest BCUT2D eigenvalue weighted by Gasteiger charge is -2.21. The van der Waals surface area contributed by atoms with Crippen LogP contribution in [0.2, 0.25) is 0 Å². The van der Waals surface area contributed by atoms with Gasteiger partial charge in [-0.25, -0.2) is 9.78 Å². The molecule has 20 heavy (non-hydrogen) atoms. The molecule has 0 bridgehead atoms. The van der Waals surface area contributed by atoms with E-state index in [1.807, 2.05) is 13.8 Å². The first-order valence-electron chi connectivity index (χ1n) is 6.66. The molecule has 2 rings (SSSR count). The van der Waals surface area contributed by atoms with Crippen molar-refractivity contribution in [1.82, 2.24) is 9.88 Å². The summed E-state index contributed by atoms with van der Waals surface area (Å²) in [6.45, 7) is 4.20. The van der Waals surface area contributed by atoms with Crippen LogP contribution in [-0.4, -0.2) is 45.6 Å². The van der Waals surface area contributed by atoms with Crippen LogP contribution < -0.4 is 4.74 Å². The Morgan fingerprint density at radius 2 is 2.20 bits per heavy atom. The Morgan fingerprint density at radius 3 is 2.85 bits per heavy atom. The predicted molar refractivity (Wildman–Crippen MR) is 71.7 cm³/mol. The molecule has 1 aromatic rings. The van der Waals surface area contributed by atoms with Crippen LogP contribution in [0.15, 0.2) is 18.2 Å². The molecule has 0 saturated carbocycles. The van der Waals surface area contributed by atoms with Crippen molar-refractivity contribution in [1.29, 1.82) is 0 Å². The summed E-state index contributed by atoms with van der Waals surface area (Å²) in [6, 6.07) is 4.19. The molecule has 108 valence electrons. The molecule has 0 aliphatic carbocycles. The van der Waals surface area contributed by atoms with Crippen molar-refractivity contribution in [3.05, 3.63) is 23.9 Å². The van der Waals surface area contributed by atoms with Crippen molar-refractivity contribution in [2.24, 2.45) is 0 Å². The van der Waals surface area contributed by atoms with Gasteiger partial charge in [-0.3, -0.25) is 4.79 Å². The van der Waals surface area contributed by atoms with Crippen LogP contribution in [0.1, 0.15) is 37.2 Å². The van der Waals surface area contributed by atoms with Crippen molar-refractivity contribution >= 4 is 11.9 Å². The third-order valence-electron chi connectivity index (χ3n) is 3.10. The largest absolute Gasteiger partial charge is 0.480 e. The monoisotopic (exact) mass is 278 g/mol. The topological polar surface area (TPSA) is 79.7 Å². The first-order valence-corrected chi connectivity index (χ1v) is 6.66. The Kier molecular flexibility index (Phi) is 4.22. The summed E-state index contributed by atoms with van der Waals surface area (Å²) in [4.78, 5) is 29.0. The Balaban J connectivity index is 2.18. The normalized spacial score (nSPS) is 18.4. The number of carboxylic acids is 1. The molecule has 0 spiro atoms. The minimum Gasteiger partial charge on any atom is -0.480 e. The molecule has 1 saturated heterocycles. The fourth-order valence-electron chi connectivity index (χ4n) is 2.25.